The van der Waals surface area contributed by atoms with Crippen LogP contribution in [0.2, 0.25) is 0 Å². The Balaban J connectivity index is 0.000000214. The first-order chi connectivity index (χ1) is 29.5. The SMILES string of the molecule is O=C(NCC(F)(F)F)Nc1cccc(-c2cnc3cc(C(=O)CCCCc4cnc[nH]4)ccn23)c1.O=C(NCC(F)(F)F)Nc1cccc(-c2cnc3cc(C(=O)O)ccn23)c1. The monoisotopic (exact) mass is 862 g/mol. The molecule has 4 amide bonds. The number of amides is 4. The fraction of sp³-hybridized carbons (Fsp3) is 0.195. The van der Waals surface area contributed by atoms with Gasteiger partial charge in [-0.2, -0.15) is 26.3 Å². The van der Waals surface area contributed by atoms with Gasteiger partial charge in [0.2, 0.25) is 0 Å². The molecule has 0 unspecified atom stereocenters. The molecule has 0 aliphatic carbocycles. The van der Waals surface area contributed by atoms with Crippen molar-refractivity contribution in [3.05, 3.63) is 127 Å². The van der Waals surface area contributed by atoms with Crippen LogP contribution in [0.5, 0.6) is 0 Å². The number of aromatic nitrogens is 6. The van der Waals surface area contributed by atoms with E-state index in [0.29, 0.717) is 57.2 Å². The quantitative estimate of drug-likeness (QED) is 0.0377. The number of rotatable bonds is 13. The van der Waals surface area contributed by atoms with Gasteiger partial charge < -0.3 is 31.4 Å². The molecule has 0 bridgehead atoms. The molecule has 0 saturated carbocycles. The molecule has 0 fully saturated rings. The average molecular weight is 863 g/mol. The molecule has 322 valence electrons. The van der Waals surface area contributed by atoms with E-state index in [1.165, 1.54) is 24.4 Å². The predicted molar refractivity (Wildman–Crippen MR) is 215 cm³/mol. The Hall–Kier alpha value is -7.71. The first-order valence-corrected chi connectivity index (χ1v) is 18.6. The van der Waals surface area contributed by atoms with Crippen molar-refractivity contribution in [3.8, 4) is 22.5 Å². The fourth-order valence-electron chi connectivity index (χ4n) is 6.09. The summed E-state index contributed by atoms with van der Waals surface area (Å²) < 4.78 is 76.7. The van der Waals surface area contributed by atoms with Crippen LogP contribution in [0.15, 0.2) is 110 Å². The number of aromatic amines is 1. The Labute approximate surface area is 347 Å². The van der Waals surface area contributed by atoms with E-state index in [4.69, 9.17) is 5.11 Å². The van der Waals surface area contributed by atoms with Crippen molar-refractivity contribution in [3.63, 3.8) is 0 Å². The van der Waals surface area contributed by atoms with E-state index >= 15 is 0 Å². The Morgan fingerprint density at radius 1 is 0.661 bits per heavy atom. The van der Waals surface area contributed by atoms with Gasteiger partial charge in [-0.05, 0) is 67.8 Å². The number of urea groups is 2. The number of fused-ring (bicyclic) bond motifs is 2. The number of pyridine rings is 2. The number of nitrogens with one attached hydrogen (secondary N) is 5. The number of unbranched alkanes of at least 4 members (excludes halogenated alkanes) is 1. The zero-order valence-electron chi connectivity index (χ0n) is 32.2. The molecule has 0 spiro atoms. The molecule has 7 aromatic rings. The van der Waals surface area contributed by atoms with Gasteiger partial charge in [-0.1, -0.05) is 24.3 Å². The number of nitrogens with zero attached hydrogens (tertiary/aromatic N) is 5. The van der Waals surface area contributed by atoms with Gasteiger partial charge in [0.15, 0.2) is 5.78 Å². The molecule has 0 aliphatic heterocycles. The zero-order chi connectivity index (χ0) is 44.4. The number of benzene rings is 2. The normalized spacial score (nSPS) is 11.5. The molecule has 6 N–H and O–H groups in total. The van der Waals surface area contributed by atoms with E-state index in [9.17, 15) is 45.5 Å². The lowest BCUT2D eigenvalue weighted by atomic mass is 10.1. The highest BCUT2D eigenvalue weighted by atomic mass is 19.4. The van der Waals surface area contributed by atoms with Crippen LogP contribution in [0.25, 0.3) is 33.8 Å². The highest BCUT2D eigenvalue weighted by molar-refractivity contribution is 5.97. The van der Waals surface area contributed by atoms with E-state index in [1.807, 2.05) is 0 Å². The molecule has 7 rings (SSSR count). The maximum Gasteiger partial charge on any atom is 0.405 e. The molecule has 0 saturated heterocycles. The Morgan fingerprint density at radius 2 is 1.18 bits per heavy atom. The third kappa shape index (κ3) is 12.2. The van der Waals surface area contributed by atoms with Crippen LogP contribution < -0.4 is 21.3 Å². The molecular formula is C41H36F6N10O5. The summed E-state index contributed by atoms with van der Waals surface area (Å²) in [4.78, 5) is 62.5. The molecule has 0 atom stereocenters. The number of imidazole rings is 3. The lowest BCUT2D eigenvalue weighted by Gasteiger charge is -2.11. The number of carboxylic acid groups (broad SMARTS) is 1. The van der Waals surface area contributed by atoms with Crippen LogP contribution in [0, 0.1) is 0 Å². The lowest BCUT2D eigenvalue weighted by Crippen LogP contribution is -2.36. The van der Waals surface area contributed by atoms with Gasteiger partial charge in [0, 0.05) is 58.8 Å². The Morgan fingerprint density at radius 3 is 1.66 bits per heavy atom. The summed E-state index contributed by atoms with van der Waals surface area (Å²) >= 11 is 0. The summed E-state index contributed by atoms with van der Waals surface area (Å²) in [5.41, 5.74) is 6.02. The van der Waals surface area contributed by atoms with Crippen LogP contribution in [0.4, 0.5) is 47.3 Å². The van der Waals surface area contributed by atoms with Gasteiger partial charge >= 0.3 is 30.4 Å². The number of aromatic carboxylic acids is 1. The first-order valence-electron chi connectivity index (χ1n) is 18.6. The van der Waals surface area contributed by atoms with E-state index in [-0.39, 0.29) is 11.3 Å². The molecule has 0 radical (unpaired) electrons. The summed E-state index contributed by atoms with van der Waals surface area (Å²) in [6.45, 7) is -2.85. The average Bonchev–Trinajstić information content (AvgIpc) is 4.01. The van der Waals surface area contributed by atoms with Crippen LogP contribution >= 0.6 is 0 Å². The van der Waals surface area contributed by atoms with E-state index in [0.717, 1.165) is 25.0 Å². The van der Waals surface area contributed by atoms with Gasteiger partial charge in [0.25, 0.3) is 0 Å². The molecule has 21 heteroatoms. The topological polar surface area (TPSA) is 200 Å². The van der Waals surface area contributed by atoms with Crippen molar-refractivity contribution < 1.29 is 50.6 Å². The largest absolute Gasteiger partial charge is 0.478 e. The minimum Gasteiger partial charge on any atom is -0.478 e. The Bertz CT molecular complexity index is 2690. The number of hydrogen-bond donors (Lipinski definition) is 6. The van der Waals surface area contributed by atoms with Crippen molar-refractivity contribution in [1.82, 2.24) is 39.4 Å². The number of H-pyrrole nitrogens is 1. The van der Waals surface area contributed by atoms with E-state index < -0.39 is 43.5 Å². The molecule has 5 heterocycles. The van der Waals surface area contributed by atoms with E-state index in [1.54, 1.807) is 105 Å². The molecule has 62 heavy (non-hydrogen) atoms. The number of carboxylic acids is 1. The second kappa shape index (κ2) is 19.1. The van der Waals surface area contributed by atoms with Crippen molar-refractivity contribution in [2.75, 3.05) is 23.7 Å². The van der Waals surface area contributed by atoms with Crippen molar-refractivity contribution in [1.29, 1.82) is 0 Å². The number of alkyl halides is 6. The van der Waals surface area contributed by atoms with Gasteiger partial charge in [0.05, 0.1) is 35.7 Å². The third-order valence-corrected chi connectivity index (χ3v) is 8.98. The van der Waals surface area contributed by atoms with Gasteiger partial charge in [-0.15, -0.1) is 0 Å². The minimum atomic E-state index is -4.50. The minimum absolute atomic E-state index is 0.0396. The molecule has 15 nitrogen and oxygen atoms in total. The van der Waals surface area contributed by atoms with Crippen LogP contribution in [-0.2, 0) is 6.42 Å². The van der Waals surface area contributed by atoms with E-state index in [2.05, 4.69) is 30.6 Å². The number of halogens is 6. The number of anilines is 2. The maximum absolute atomic E-state index is 12.6. The lowest BCUT2D eigenvalue weighted by molar-refractivity contribution is -0.123. The fourth-order valence-corrected chi connectivity index (χ4v) is 6.09. The molecule has 0 aliphatic rings. The summed E-state index contributed by atoms with van der Waals surface area (Å²) in [6.07, 6.45) is 3.82. The summed E-state index contributed by atoms with van der Waals surface area (Å²) in [6, 6.07) is 17.5. The number of carbonyl (C=O) groups is 4. The third-order valence-electron chi connectivity index (χ3n) is 8.98. The van der Waals surface area contributed by atoms with Gasteiger partial charge in [-0.25, -0.2) is 29.3 Å². The number of Topliss-reactive ketones (excluding diaryl/α,β-unsaturated/α-hetero) is 1. The summed E-state index contributed by atoms with van der Waals surface area (Å²) in [5, 5.41) is 17.2. The number of aryl methyl sites for hydroxylation is 1. The second-order valence-electron chi connectivity index (χ2n) is 13.6. The zero-order valence-corrected chi connectivity index (χ0v) is 32.2. The van der Waals surface area contributed by atoms with Crippen molar-refractivity contribution in [2.45, 2.75) is 38.0 Å². The second-order valence-corrected chi connectivity index (χ2v) is 13.6. The summed E-state index contributed by atoms with van der Waals surface area (Å²) in [7, 11) is 0. The summed E-state index contributed by atoms with van der Waals surface area (Å²) in [5.74, 6) is -1.03. The van der Waals surface area contributed by atoms with Crippen LogP contribution in [0.1, 0.15) is 45.7 Å². The number of ketones is 1. The van der Waals surface area contributed by atoms with Crippen molar-refractivity contribution in [2.24, 2.45) is 0 Å². The number of carbonyl (C=O) groups excluding carboxylic acids is 3. The van der Waals surface area contributed by atoms with Crippen LogP contribution in [0.3, 0.4) is 0 Å². The highest BCUT2D eigenvalue weighted by Crippen LogP contribution is 2.26. The highest BCUT2D eigenvalue weighted by Gasteiger charge is 2.28. The maximum atomic E-state index is 12.6. The van der Waals surface area contributed by atoms with Crippen molar-refractivity contribution >= 4 is 46.5 Å². The predicted octanol–water partition coefficient (Wildman–Crippen LogP) is 8.39. The number of hydrogen-bond acceptors (Lipinski definition) is 7. The van der Waals surface area contributed by atoms with Gasteiger partial charge in [0.1, 0.15) is 24.4 Å². The molecule has 5 aromatic heterocycles. The standard InChI is InChI=1S/C24H23F3N6O2.C17H13F3N4O3/c25-24(26,27)14-30-23(35)32-18-6-3-4-16(10-18)20-13-29-22-11-17(8-9-33(20)22)21(34)7-2-1-5-19-12-28-15-31-19;18-17(19,20)9-22-16(27)23-12-3-1-2-10(6-12)13-8-21-14-7-11(15(25)26)4-5-24(13)14/h3-4,6,8-13,15H,1-2,5,7,14H2,(H,28,31)(H2,30,32,35);1-8H,9H2,(H,25,26)(H2,22,23,27). The Kier molecular flexibility index (Phi) is 13.5. The first kappa shape index (κ1) is 43.9. The smallest absolute Gasteiger partial charge is 0.405 e. The van der Waals surface area contributed by atoms with Crippen LogP contribution in [-0.4, -0.2) is 83.1 Å². The van der Waals surface area contributed by atoms with Gasteiger partial charge in [-0.3, -0.25) is 13.6 Å². The molecule has 2 aromatic carbocycles. The molecular weight excluding hydrogens is 827 g/mol.